The third kappa shape index (κ3) is 3.22. The summed E-state index contributed by atoms with van der Waals surface area (Å²) in [6, 6.07) is 9.91. The number of ether oxygens (including phenoxy) is 1. The molecule has 2 aromatic rings. The van der Waals surface area contributed by atoms with Crippen molar-refractivity contribution in [3.05, 3.63) is 53.3 Å². The van der Waals surface area contributed by atoms with Crippen LogP contribution in [0.3, 0.4) is 0 Å². The molecule has 0 aliphatic carbocycles. The monoisotopic (exact) mass is 328 g/mol. The maximum Gasteiger partial charge on any atom is 0.265 e. The molecule has 0 spiro atoms. The Hall–Kier alpha value is -2.89. The van der Waals surface area contributed by atoms with E-state index in [1.807, 2.05) is 13.0 Å². The number of hydrogen-bond donors (Lipinski definition) is 1. The van der Waals surface area contributed by atoms with Crippen molar-refractivity contribution in [3.8, 4) is 5.75 Å². The molecule has 0 saturated carbocycles. The molecular formula is C18H17FN2O3. The van der Waals surface area contributed by atoms with Gasteiger partial charge in [-0.3, -0.25) is 14.5 Å². The molecule has 3 rings (SSSR count). The number of benzene rings is 2. The van der Waals surface area contributed by atoms with Crippen molar-refractivity contribution in [2.45, 2.75) is 13.8 Å². The molecule has 124 valence electrons. The Labute approximate surface area is 139 Å². The summed E-state index contributed by atoms with van der Waals surface area (Å²) in [6.07, 6.45) is 0. The number of fused-ring (bicyclic) bond motifs is 1. The van der Waals surface area contributed by atoms with E-state index in [2.05, 4.69) is 5.32 Å². The molecule has 5 nitrogen and oxygen atoms in total. The summed E-state index contributed by atoms with van der Waals surface area (Å²) in [6.45, 7) is 3.27. The normalized spacial score (nSPS) is 13.3. The molecule has 0 saturated heterocycles. The second-order valence-corrected chi connectivity index (χ2v) is 5.75. The molecular weight excluding hydrogens is 311 g/mol. The summed E-state index contributed by atoms with van der Waals surface area (Å²) in [5.41, 5.74) is 2.38. The topological polar surface area (TPSA) is 58.6 Å². The fourth-order valence-corrected chi connectivity index (χ4v) is 2.50. The Balaban J connectivity index is 1.77. The first-order valence-corrected chi connectivity index (χ1v) is 7.54. The van der Waals surface area contributed by atoms with Crippen LogP contribution < -0.4 is 15.0 Å². The SMILES string of the molecule is Cc1ccc2c(c1)N(CC(=O)Nc1ccc(C)c(F)c1)C(=O)CO2. The van der Waals surface area contributed by atoms with Crippen molar-refractivity contribution in [1.29, 1.82) is 0 Å². The lowest BCUT2D eigenvalue weighted by Crippen LogP contribution is -2.43. The Morgan fingerprint density at radius 3 is 2.79 bits per heavy atom. The number of carbonyl (C=O) groups is 2. The number of amides is 2. The van der Waals surface area contributed by atoms with Crippen molar-refractivity contribution in [3.63, 3.8) is 0 Å². The average molecular weight is 328 g/mol. The Kier molecular flexibility index (Phi) is 4.20. The van der Waals surface area contributed by atoms with E-state index in [4.69, 9.17) is 4.74 Å². The second kappa shape index (κ2) is 6.31. The van der Waals surface area contributed by atoms with Gasteiger partial charge >= 0.3 is 0 Å². The van der Waals surface area contributed by atoms with Gasteiger partial charge in [-0.2, -0.15) is 0 Å². The summed E-state index contributed by atoms with van der Waals surface area (Å²) >= 11 is 0. The van der Waals surface area contributed by atoms with Crippen LogP contribution in [-0.2, 0) is 9.59 Å². The third-order valence-electron chi connectivity index (χ3n) is 3.81. The quantitative estimate of drug-likeness (QED) is 0.942. The van der Waals surface area contributed by atoms with Gasteiger partial charge in [-0.15, -0.1) is 0 Å². The third-order valence-corrected chi connectivity index (χ3v) is 3.81. The molecule has 2 aromatic carbocycles. The molecule has 6 heteroatoms. The van der Waals surface area contributed by atoms with Crippen LogP contribution in [0.15, 0.2) is 36.4 Å². The van der Waals surface area contributed by atoms with Gasteiger partial charge in [-0.05, 0) is 49.2 Å². The number of carbonyl (C=O) groups excluding carboxylic acids is 2. The highest BCUT2D eigenvalue weighted by atomic mass is 19.1. The first-order valence-electron chi connectivity index (χ1n) is 7.54. The molecule has 0 aromatic heterocycles. The second-order valence-electron chi connectivity index (χ2n) is 5.75. The van der Waals surface area contributed by atoms with Crippen LogP contribution in [0, 0.1) is 19.7 Å². The van der Waals surface area contributed by atoms with E-state index >= 15 is 0 Å². The molecule has 0 radical (unpaired) electrons. The highest BCUT2D eigenvalue weighted by Gasteiger charge is 2.27. The van der Waals surface area contributed by atoms with Crippen LogP contribution in [-0.4, -0.2) is 25.0 Å². The minimum atomic E-state index is -0.402. The number of nitrogens with one attached hydrogen (secondary N) is 1. The average Bonchev–Trinajstić information content (AvgIpc) is 2.54. The maximum absolute atomic E-state index is 13.6. The van der Waals surface area contributed by atoms with E-state index in [1.165, 1.54) is 11.0 Å². The highest BCUT2D eigenvalue weighted by Crippen LogP contribution is 2.32. The molecule has 0 bridgehead atoms. The Morgan fingerprint density at radius 1 is 1.25 bits per heavy atom. The van der Waals surface area contributed by atoms with Gasteiger partial charge in [-0.25, -0.2) is 4.39 Å². The number of halogens is 1. The fourth-order valence-electron chi connectivity index (χ4n) is 2.50. The van der Waals surface area contributed by atoms with Gasteiger partial charge in [0.05, 0.1) is 5.69 Å². The summed E-state index contributed by atoms with van der Waals surface area (Å²) in [5.74, 6) is -0.523. The minimum absolute atomic E-state index is 0.109. The maximum atomic E-state index is 13.6. The van der Waals surface area contributed by atoms with Crippen molar-refractivity contribution in [2.75, 3.05) is 23.4 Å². The van der Waals surface area contributed by atoms with Crippen molar-refractivity contribution in [1.82, 2.24) is 0 Å². The van der Waals surface area contributed by atoms with E-state index < -0.39 is 11.7 Å². The lowest BCUT2D eigenvalue weighted by molar-refractivity contribution is -0.123. The summed E-state index contributed by atoms with van der Waals surface area (Å²) < 4.78 is 18.9. The number of rotatable bonds is 3. The zero-order valence-corrected chi connectivity index (χ0v) is 13.4. The van der Waals surface area contributed by atoms with Crippen LogP contribution >= 0.6 is 0 Å². The lowest BCUT2D eigenvalue weighted by atomic mass is 10.1. The predicted molar refractivity (Wildman–Crippen MR) is 88.8 cm³/mol. The van der Waals surface area contributed by atoms with Gasteiger partial charge in [0.15, 0.2) is 6.61 Å². The first kappa shape index (κ1) is 16.0. The van der Waals surface area contributed by atoms with E-state index in [0.717, 1.165) is 5.56 Å². The van der Waals surface area contributed by atoms with Gasteiger partial charge in [0.2, 0.25) is 5.91 Å². The van der Waals surface area contributed by atoms with Gasteiger partial charge in [0.25, 0.3) is 5.91 Å². The molecule has 1 aliphatic rings. The minimum Gasteiger partial charge on any atom is -0.482 e. The number of anilines is 2. The summed E-state index contributed by atoms with van der Waals surface area (Å²) in [5, 5.41) is 2.61. The predicted octanol–water partition coefficient (Wildman–Crippen LogP) is 2.81. The van der Waals surface area contributed by atoms with Gasteiger partial charge in [-0.1, -0.05) is 12.1 Å². The zero-order chi connectivity index (χ0) is 17.3. The molecule has 24 heavy (non-hydrogen) atoms. The van der Waals surface area contributed by atoms with Crippen LogP contribution in [0.5, 0.6) is 5.75 Å². The molecule has 2 amide bonds. The van der Waals surface area contributed by atoms with Crippen molar-refractivity contribution >= 4 is 23.2 Å². The van der Waals surface area contributed by atoms with Crippen LogP contribution in [0.25, 0.3) is 0 Å². The number of nitrogens with zero attached hydrogens (tertiary/aromatic N) is 1. The molecule has 0 unspecified atom stereocenters. The summed E-state index contributed by atoms with van der Waals surface area (Å²) in [4.78, 5) is 25.7. The number of hydrogen-bond acceptors (Lipinski definition) is 3. The molecule has 1 heterocycles. The van der Waals surface area contributed by atoms with E-state index in [1.54, 1.807) is 31.2 Å². The Morgan fingerprint density at radius 2 is 2.04 bits per heavy atom. The molecule has 1 aliphatic heterocycles. The largest absolute Gasteiger partial charge is 0.482 e. The summed E-state index contributed by atoms with van der Waals surface area (Å²) in [7, 11) is 0. The smallest absolute Gasteiger partial charge is 0.265 e. The Bertz CT molecular complexity index is 820. The fraction of sp³-hybridized carbons (Fsp3) is 0.222. The van der Waals surface area contributed by atoms with Crippen LogP contribution in [0.4, 0.5) is 15.8 Å². The standard InChI is InChI=1S/C18H17FN2O3/c1-11-3-6-16-15(7-11)21(18(23)10-24-16)9-17(22)20-13-5-4-12(2)14(19)8-13/h3-8H,9-10H2,1-2H3,(H,20,22). The number of aryl methyl sites for hydroxylation is 2. The van der Waals surface area contributed by atoms with E-state index in [-0.39, 0.29) is 19.1 Å². The van der Waals surface area contributed by atoms with Crippen molar-refractivity contribution in [2.24, 2.45) is 0 Å². The first-order chi connectivity index (χ1) is 11.4. The molecule has 1 N–H and O–H groups in total. The van der Waals surface area contributed by atoms with Gasteiger partial charge in [0.1, 0.15) is 18.1 Å². The van der Waals surface area contributed by atoms with Crippen molar-refractivity contribution < 1.29 is 18.7 Å². The zero-order valence-electron chi connectivity index (χ0n) is 13.4. The molecule has 0 atom stereocenters. The van der Waals surface area contributed by atoms with Gasteiger partial charge in [0, 0.05) is 5.69 Å². The van der Waals surface area contributed by atoms with Crippen LogP contribution in [0.1, 0.15) is 11.1 Å². The van der Waals surface area contributed by atoms with E-state index in [9.17, 15) is 14.0 Å². The lowest BCUT2D eigenvalue weighted by Gasteiger charge is -2.29. The van der Waals surface area contributed by atoms with Crippen LogP contribution in [0.2, 0.25) is 0 Å². The molecule has 0 fully saturated rings. The van der Waals surface area contributed by atoms with E-state index in [0.29, 0.717) is 22.7 Å². The highest BCUT2D eigenvalue weighted by molar-refractivity contribution is 6.05. The van der Waals surface area contributed by atoms with Gasteiger partial charge < -0.3 is 10.1 Å².